The number of benzene rings is 1. The minimum atomic E-state index is -1.10. The van der Waals surface area contributed by atoms with Crippen molar-refractivity contribution >= 4 is 5.97 Å². The fraction of sp³-hybridized carbons (Fsp3) is 0.462. The minimum absolute atomic E-state index is 0.196. The highest BCUT2D eigenvalue weighted by Gasteiger charge is 2.32. The Kier molecular flexibility index (Phi) is 4.10. The summed E-state index contributed by atoms with van der Waals surface area (Å²) >= 11 is 0. The van der Waals surface area contributed by atoms with Gasteiger partial charge in [-0.1, -0.05) is 0 Å². The molecule has 0 aromatic heterocycles. The zero-order valence-electron chi connectivity index (χ0n) is 10.5. The third kappa shape index (κ3) is 4.06. The van der Waals surface area contributed by atoms with Crippen LogP contribution in [0.25, 0.3) is 0 Å². The third-order valence-electron chi connectivity index (χ3n) is 2.02. The molecule has 3 nitrogen and oxygen atoms in total. The van der Waals surface area contributed by atoms with Gasteiger partial charge in [-0.2, -0.15) is 0 Å². The van der Waals surface area contributed by atoms with E-state index in [4.69, 9.17) is 9.47 Å². The van der Waals surface area contributed by atoms with Crippen LogP contribution in [-0.2, 0) is 9.53 Å². The van der Waals surface area contributed by atoms with Crippen molar-refractivity contribution in [2.75, 3.05) is 0 Å². The molecule has 0 heterocycles. The maximum absolute atomic E-state index is 12.7. The summed E-state index contributed by atoms with van der Waals surface area (Å²) in [5.74, 6) is -0.367. The zero-order valence-corrected chi connectivity index (χ0v) is 10.5. The lowest BCUT2D eigenvalue weighted by atomic mass is 10.1. The SMILES string of the molecule is CC(C)OC(=O)C(C)(C)Oc1ccc(F)cc1. The van der Waals surface area contributed by atoms with Crippen LogP contribution in [0.15, 0.2) is 24.3 Å². The van der Waals surface area contributed by atoms with Gasteiger partial charge in [-0.05, 0) is 52.0 Å². The van der Waals surface area contributed by atoms with Crippen LogP contribution in [0.1, 0.15) is 27.7 Å². The molecule has 0 atom stereocenters. The summed E-state index contributed by atoms with van der Waals surface area (Å²) in [6, 6.07) is 5.50. The van der Waals surface area contributed by atoms with Crippen molar-refractivity contribution in [3.05, 3.63) is 30.1 Å². The molecule has 0 aliphatic carbocycles. The Morgan fingerprint density at radius 1 is 1.24 bits per heavy atom. The second-order valence-electron chi connectivity index (χ2n) is 4.52. The monoisotopic (exact) mass is 240 g/mol. The number of halogens is 1. The van der Waals surface area contributed by atoms with E-state index in [0.29, 0.717) is 5.75 Å². The molecule has 0 unspecified atom stereocenters. The van der Waals surface area contributed by atoms with E-state index in [1.807, 2.05) is 0 Å². The van der Waals surface area contributed by atoms with E-state index in [1.165, 1.54) is 24.3 Å². The van der Waals surface area contributed by atoms with Crippen LogP contribution in [0.5, 0.6) is 5.75 Å². The summed E-state index contributed by atoms with van der Waals surface area (Å²) in [5, 5.41) is 0. The second kappa shape index (κ2) is 5.17. The van der Waals surface area contributed by atoms with E-state index in [2.05, 4.69) is 0 Å². The van der Waals surface area contributed by atoms with Crippen LogP contribution >= 0.6 is 0 Å². The van der Waals surface area contributed by atoms with E-state index >= 15 is 0 Å². The average Bonchev–Trinajstić information content (AvgIpc) is 2.20. The highest BCUT2D eigenvalue weighted by Crippen LogP contribution is 2.20. The lowest BCUT2D eigenvalue weighted by Gasteiger charge is -2.25. The number of rotatable bonds is 4. The first-order chi connectivity index (χ1) is 7.81. The molecule has 1 aromatic rings. The van der Waals surface area contributed by atoms with E-state index in [1.54, 1.807) is 27.7 Å². The van der Waals surface area contributed by atoms with Crippen LogP contribution in [0.4, 0.5) is 4.39 Å². The molecule has 1 rings (SSSR count). The lowest BCUT2D eigenvalue weighted by molar-refractivity contribution is -0.163. The number of carbonyl (C=O) groups excluding carboxylic acids is 1. The first-order valence-electron chi connectivity index (χ1n) is 5.47. The van der Waals surface area contributed by atoms with Gasteiger partial charge in [0.25, 0.3) is 0 Å². The Hall–Kier alpha value is -1.58. The molecule has 0 aliphatic heterocycles. The first kappa shape index (κ1) is 13.5. The Balaban J connectivity index is 2.71. The summed E-state index contributed by atoms with van der Waals surface area (Å²) in [4.78, 5) is 11.7. The standard InChI is InChI=1S/C13H17FO3/c1-9(2)16-12(15)13(3,4)17-11-7-5-10(14)6-8-11/h5-9H,1-4H3. The zero-order chi connectivity index (χ0) is 13.1. The summed E-state index contributed by atoms with van der Waals surface area (Å²) in [7, 11) is 0. The van der Waals surface area contributed by atoms with Crippen molar-refractivity contribution in [1.82, 2.24) is 0 Å². The molecule has 0 N–H and O–H groups in total. The molecule has 0 aliphatic rings. The van der Waals surface area contributed by atoms with Gasteiger partial charge in [0.15, 0.2) is 5.60 Å². The quantitative estimate of drug-likeness (QED) is 0.759. The summed E-state index contributed by atoms with van der Waals surface area (Å²) in [5.41, 5.74) is -1.10. The molecule has 0 radical (unpaired) electrons. The van der Waals surface area contributed by atoms with Gasteiger partial charge in [-0.3, -0.25) is 0 Å². The van der Waals surface area contributed by atoms with Crippen molar-refractivity contribution in [2.24, 2.45) is 0 Å². The van der Waals surface area contributed by atoms with Crippen LogP contribution in [0.3, 0.4) is 0 Å². The Labute approximate surface area is 101 Å². The summed E-state index contributed by atoms with van der Waals surface area (Å²) in [6.07, 6.45) is -0.196. The molecule has 0 saturated carbocycles. The normalized spacial score (nSPS) is 11.4. The molecule has 0 saturated heterocycles. The Morgan fingerprint density at radius 3 is 2.24 bits per heavy atom. The molecular formula is C13H17FO3. The molecule has 0 amide bonds. The van der Waals surface area contributed by atoms with Crippen molar-refractivity contribution < 1.29 is 18.7 Å². The maximum atomic E-state index is 12.7. The predicted octanol–water partition coefficient (Wildman–Crippen LogP) is 2.93. The van der Waals surface area contributed by atoms with Gasteiger partial charge >= 0.3 is 5.97 Å². The van der Waals surface area contributed by atoms with Crippen molar-refractivity contribution in [1.29, 1.82) is 0 Å². The van der Waals surface area contributed by atoms with Crippen LogP contribution in [0, 0.1) is 5.82 Å². The lowest BCUT2D eigenvalue weighted by Crippen LogP contribution is -2.40. The van der Waals surface area contributed by atoms with Gasteiger partial charge in [-0.15, -0.1) is 0 Å². The largest absolute Gasteiger partial charge is 0.476 e. The number of carbonyl (C=O) groups is 1. The predicted molar refractivity (Wildman–Crippen MR) is 62.3 cm³/mol. The van der Waals surface area contributed by atoms with Gasteiger partial charge in [0.1, 0.15) is 11.6 Å². The van der Waals surface area contributed by atoms with E-state index in [-0.39, 0.29) is 11.9 Å². The molecule has 0 bridgehead atoms. The number of ether oxygens (including phenoxy) is 2. The molecule has 17 heavy (non-hydrogen) atoms. The summed E-state index contributed by atoms with van der Waals surface area (Å²) in [6.45, 7) is 6.76. The molecule has 1 aromatic carbocycles. The molecule has 4 heteroatoms. The smallest absolute Gasteiger partial charge is 0.350 e. The van der Waals surface area contributed by atoms with Gasteiger partial charge < -0.3 is 9.47 Å². The molecular weight excluding hydrogens is 223 g/mol. The molecule has 0 spiro atoms. The molecule has 0 fully saturated rings. The fourth-order valence-corrected chi connectivity index (χ4v) is 1.19. The van der Waals surface area contributed by atoms with Gasteiger partial charge in [0, 0.05) is 0 Å². The number of esters is 1. The number of hydrogen-bond acceptors (Lipinski definition) is 3. The van der Waals surface area contributed by atoms with Gasteiger partial charge in [0.05, 0.1) is 6.10 Å². The van der Waals surface area contributed by atoms with Crippen LogP contribution in [-0.4, -0.2) is 17.7 Å². The second-order valence-corrected chi connectivity index (χ2v) is 4.52. The van der Waals surface area contributed by atoms with E-state index < -0.39 is 11.6 Å². The fourth-order valence-electron chi connectivity index (χ4n) is 1.19. The highest BCUT2D eigenvalue weighted by molar-refractivity contribution is 5.79. The highest BCUT2D eigenvalue weighted by atomic mass is 19.1. The Bertz CT molecular complexity index is 382. The van der Waals surface area contributed by atoms with Crippen molar-refractivity contribution in [3.8, 4) is 5.75 Å². The van der Waals surface area contributed by atoms with Crippen LogP contribution < -0.4 is 4.74 Å². The minimum Gasteiger partial charge on any atom is -0.476 e. The van der Waals surface area contributed by atoms with Crippen molar-refractivity contribution in [3.63, 3.8) is 0 Å². The Morgan fingerprint density at radius 2 is 1.76 bits per heavy atom. The average molecular weight is 240 g/mol. The third-order valence-corrected chi connectivity index (χ3v) is 2.02. The van der Waals surface area contributed by atoms with Crippen molar-refractivity contribution in [2.45, 2.75) is 39.4 Å². The van der Waals surface area contributed by atoms with Gasteiger partial charge in [-0.25, -0.2) is 9.18 Å². The summed E-state index contributed by atoms with van der Waals surface area (Å²) < 4.78 is 23.3. The van der Waals surface area contributed by atoms with E-state index in [9.17, 15) is 9.18 Å². The number of hydrogen-bond donors (Lipinski definition) is 0. The first-order valence-corrected chi connectivity index (χ1v) is 5.47. The topological polar surface area (TPSA) is 35.5 Å². The van der Waals surface area contributed by atoms with Gasteiger partial charge in [0.2, 0.25) is 0 Å². The van der Waals surface area contributed by atoms with Crippen LogP contribution in [0.2, 0.25) is 0 Å². The molecule has 94 valence electrons. The maximum Gasteiger partial charge on any atom is 0.350 e. The van der Waals surface area contributed by atoms with E-state index in [0.717, 1.165) is 0 Å².